The normalized spacial score (nSPS) is 13.4. The third-order valence-corrected chi connectivity index (χ3v) is 9.52. The molecule has 2 heterocycles. The zero-order valence-electron chi connectivity index (χ0n) is 28.2. The summed E-state index contributed by atoms with van der Waals surface area (Å²) >= 11 is 1.87. The molecule has 4 aromatic rings. The highest BCUT2D eigenvalue weighted by Gasteiger charge is 2.30. The fourth-order valence-corrected chi connectivity index (χ4v) is 6.69. The minimum absolute atomic E-state index is 0.0688. The number of hydrogen-bond donors (Lipinski definition) is 2. The van der Waals surface area contributed by atoms with Crippen molar-refractivity contribution in [3.8, 4) is 11.3 Å². The Morgan fingerprint density at radius 3 is 2.35 bits per heavy atom. The molecule has 3 aromatic carbocycles. The van der Waals surface area contributed by atoms with Crippen LogP contribution in [0.5, 0.6) is 0 Å². The lowest BCUT2D eigenvalue weighted by Gasteiger charge is -2.20. The lowest BCUT2D eigenvalue weighted by Crippen LogP contribution is -2.23. The summed E-state index contributed by atoms with van der Waals surface area (Å²) in [7, 11) is 0. The molecule has 258 valence electrons. The van der Waals surface area contributed by atoms with Crippen molar-refractivity contribution in [1.29, 1.82) is 0 Å². The van der Waals surface area contributed by atoms with Gasteiger partial charge in [0.05, 0.1) is 16.9 Å². The molecule has 1 saturated heterocycles. The number of hydrogen-bond acceptors (Lipinski definition) is 5. The molecule has 0 bridgehead atoms. The summed E-state index contributed by atoms with van der Waals surface area (Å²) in [4.78, 5) is 33.6. The van der Waals surface area contributed by atoms with Crippen molar-refractivity contribution in [3.05, 3.63) is 113 Å². The van der Waals surface area contributed by atoms with Crippen molar-refractivity contribution in [2.75, 3.05) is 29.1 Å². The Morgan fingerprint density at radius 1 is 0.857 bits per heavy atom. The topological polar surface area (TPSA) is 74.3 Å². The van der Waals surface area contributed by atoms with E-state index in [4.69, 9.17) is 0 Å². The second kappa shape index (κ2) is 15.9. The molecule has 1 aromatic heterocycles. The van der Waals surface area contributed by atoms with Crippen LogP contribution >= 0.6 is 11.8 Å². The van der Waals surface area contributed by atoms with Crippen LogP contribution in [0.25, 0.3) is 11.3 Å². The van der Waals surface area contributed by atoms with Gasteiger partial charge in [-0.1, -0.05) is 45.0 Å². The van der Waals surface area contributed by atoms with Crippen molar-refractivity contribution in [3.63, 3.8) is 0 Å². The molecule has 49 heavy (non-hydrogen) atoms. The standard InChI is InChI=1S/C39H43F3N4O2S/c1-38(2,3)16-8-20-49-26-28-10-6-11-29(21-28)37(48)45-34-14-13-32(46-18-4-5-19-46)24-33(34)35-23-30(15-17-43-35)36(47)44-25-27-9-7-12-31(22-27)39(40,41)42/h6-7,9-15,17,21-24H,4-5,8,16,18-20,25-26H2,1-3H3,(H,44,47)(H,45,48). The van der Waals surface area contributed by atoms with Crippen molar-refractivity contribution < 1.29 is 22.8 Å². The first-order chi connectivity index (χ1) is 23.4. The van der Waals surface area contributed by atoms with Gasteiger partial charge in [-0.25, -0.2) is 0 Å². The van der Waals surface area contributed by atoms with E-state index in [2.05, 4.69) is 41.3 Å². The first kappa shape index (κ1) is 36.0. The number of halogens is 3. The number of carbonyl (C=O) groups excluding carboxylic acids is 2. The molecular formula is C39H43F3N4O2S. The Balaban J connectivity index is 1.33. The first-order valence-corrected chi connectivity index (χ1v) is 17.8. The highest BCUT2D eigenvalue weighted by molar-refractivity contribution is 7.98. The lowest BCUT2D eigenvalue weighted by molar-refractivity contribution is -0.137. The van der Waals surface area contributed by atoms with Crippen molar-refractivity contribution in [1.82, 2.24) is 10.3 Å². The molecule has 0 aliphatic carbocycles. The Hall–Kier alpha value is -4.31. The van der Waals surface area contributed by atoms with Gasteiger partial charge in [0.25, 0.3) is 11.8 Å². The number of alkyl halides is 3. The van der Waals surface area contributed by atoms with Crippen LogP contribution in [-0.2, 0) is 18.5 Å². The predicted molar refractivity (Wildman–Crippen MR) is 193 cm³/mol. The van der Waals surface area contributed by atoms with E-state index >= 15 is 0 Å². The number of pyridine rings is 1. The molecule has 2 N–H and O–H groups in total. The number of thioether (sulfide) groups is 1. The molecule has 1 aliphatic rings. The van der Waals surface area contributed by atoms with Crippen LogP contribution in [-0.4, -0.2) is 35.6 Å². The van der Waals surface area contributed by atoms with E-state index in [-0.39, 0.29) is 12.5 Å². The summed E-state index contributed by atoms with van der Waals surface area (Å²) in [6.45, 7) is 8.55. The summed E-state index contributed by atoms with van der Waals surface area (Å²) in [5.41, 5.74) is 4.54. The van der Waals surface area contributed by atoms with Gasteiger partial charge in [0.2, 0.25) is 0 Å². The van der Waals surface area contributed by atoms with Crippen LogP contribution in [0.3, 0.4) is 0 Å². The van der Waals surface area contributed by atoms with Gasteiger partial charge < -0.3 is 15.5 Å². The molecule has 0 spiro atoms. The molecule has 0 unspecified atom stereocenters. The number of benzene rings is 3. The second-order valence-electron chi connectivity index (χ2n) is 13.6. The van der Waals surface area contributed by atoms with Crippen molar-refractivity contribution in [2.45, 2.75) is 64.9 Å². The predicted octanol–water partition coefficient (Wildman–Crippen LogP) is 9.61. The number of aromatic nitrogens is 1. The zero-order chi connectivity index (χ0) is 35.0. The molecule has 1 fully saturated rings. The van der Waals surface area contributed by atoms with Gasteiger partial charge >= 0.3 is 6.18 Å². The third-order valence-electron chi connectivity index (χ3n) is 8.40. The van der Waals surface area contributed by atoms with Crippen LogP contribution in [0.2, 0.25) is 0 Å². The Bertz CT molecular complexity index is 1760. The maximum absolute atomic E-state index is 13.6. The fraction of sp³-hybridized carbons (Fsp3) is 0.359. The van der Waals surface area contributed by atoms with Crippen LogP contribution in [0.4, 0.5) is 24.5 Å². The van der Waals surface area contributed by atoms with Crippen molar-refractivity contribution in [2.24, 2.45) is 5.41 Å². The van der Waals surface area contributed by atoms with E-state index in [1.54, 1.807) is 18.2 Å². The monoisotopic (exact) mass is 688 g/mol. The smallest absolute Gasteiger partial charge is 0.372 e. The van der Waals surface area contributed by atoms with E-state index in [0.717, 1.165) is 67.2 Å². The summed E-state index contributed by atoms with van der Waals surface area (Å²) in [5, 5.41) is 5.80. The zero-order valence-corrected chi connectivity index (χ0v) is 29.0. The number of carbonyl (C=O) groups is 2. The Labute approximate surface area is 290 Å². The quantitative estimate of drug-likeness (QED) is 0.145. The number of nitrogens with zero attached hydrogens (tertiary/aromatic N) is 2. The molecular weight excluding hydrogens is 646 g/mol. The van der Waals surface area contributed by atoms with E-state index in [9.17, 15) is 22.8 Å². The van der Waals surface area contributed by atoms with Crippen LogP contribution < -0.4 is 15.5 Å². The molecule has 6 nitrogen and oxygen atoms in total. The van der Waals surface area contributed by atoms with Crippen LogP contribution in [0, 0.1) is 5.41 Å². The molecule has 0 radical (unpaired) electrons. The van der Waals surface area contributed by atoms with Gasteiger partial charge in [-0.05, 0) is 103 Å². The Morgan fingerprint density at radius 2 is 1.59 bits per heavy atom. The SMILES string of the molecule is CC(C)(C)CCCSCc1cccc(C(=O)Nc2ccc(N3CCCC3)cc2-c2cc(C(=O)NCc3cccc(C(F)(F)F)c3)ccn2)c1. The first-order valence-electron chi connectivity index (χ1n) is 16.6. The molecule has 10 heteroatoms. The highest BCUT2D eigenvalue weighted by atomic mass is 32.2. The Kier molecular flexibility index (Phi) is 11.7. The fourth-order valence-electron chi connectivity index (χ4n) is 5.78. The van der Waals surface area contributed by atoms with Gasteiger partial charge in [0, 0.05) is 54.0 Å². The number of anilines is 2. The second-order valence-corrected chi connectivity index (χ2v) is 14.7. The number of amides is 2. The number of nitrogens with one attached hydrogen (secondary N) is 2. The van der Waals surface area contributed by atoms with Crippen LogP contribution in [0.15, 0.2) is 85.1 Å². The molecule has 2 amide bonds. The molecule has 5 rings (SSSR count). The van der Waals surface area contributed by atoms with Gasteiger partial charge in [-0.2, -0.15) is 24.9 Å². The lowest BCUT2D eigenvalue weighted by atomic mass is 9.91. The van der Waals surface area contributed by atoms with Crippen LogP contribution in [0.1, 0.15) is 83.9 Å². The van der Waals surface area contributed by atoms with E-state index in [1.807, 2.05) is 48.2 Å². The van der Waals surface area contributed by atoms with Crippen molar-refractivity contribution >= 4 is 35.0 Å². The summed E-state index contributed by atoms with van der Waals surface area (Å²) in [5.74, 6) is 1.20. The van der Waals surface area contributed by atoms with Gasteiger partial charge in [-0.3, -0.25) is 14.6 Å². The summed E-state index contributed by atoms with van der Waals surface area (Å²) in [6.07, 6.45) is 1.56. The molecule has 0 saturated carbocycles. The van der Waals surface area contributed by atoms with Gasteiger partial charge in [0.15, 0.2) is 0 Å². The average Bonchev–Trinajstić information content (AvgIpc) is 3.62. The minimum atomic E-state index is -4.47. The van der Waals surface area contributed by atoms with E-state index in [1.165, 1.54) is 24.8 Å². The number of rotatable bonds is 12. The summed E-state index contributed by atoms with van der Waals surface area (Å²) in [6, 6.07) is 21.6. The maximum Gasteiger partial charge on any atom is 0.416 e. The largest absolute Gasteiger partial charge is 0.416 e. The molecule has 1 aliphatic heterocycles. The summed E-state index contributed by atoms with van der Waals surface area (Å²) < 4.78 is 39.5. The van der Waals surface area contributed by atoms with Gasteiger partial charge in [-0.15, -0.1) is 0 Å². The maximum atomic E-state index is 13.6. The third kappa shape index (κ3) is 10.3. The van der Waals surface area contributed by atoms with Gasteiger partial charge in [0.1, 0.15) is 0 Å². The van der Waals surface area contributed by atoms with E-state index in [0.29, 0.717) is 39.1 Å². The highest BCUT2D eigenvalue weighted by Crippen LogP contribution is 2.34. The average molecular weight is 689 g/mol. The minimum Gasteiger partial charge on any atom is -0.372 e. The van der Waals surface area contributed by atoms with E-state index < -0.39 is 17.6 Å². The molecule has 0 atom stereocenters.